The average Bonchev–Trinajstić information content (AvgIpc) is 3.21. The summed E-state index contributed by atoms with van der Waals surface area (Å²) in [5, 5.41) is 3.05. The van der Waals surface area contributed by atoms with Gasteiger partial charge in [-0.15, -0.1) is 0 Å². The molecule has 118 valence electrons. The number of halogens is 1. The van der Waals surface area contributed by atoms with Crippen LogP contribution in [0, 0.1) is 12.3 Å². The molecule has 0 saturated heterocycles. The zero-order chi connectivity index (χ0) is 15.7. The Morgan fingerprint density at radius 2 is 2.00 bits per heavy atom. The number of hydrogen-bond donors (Lipinski definition) is 2. The molecule has 2 N–H and O–H groups in total. The van der Waals surface area contributed by atoms with Gasteiger partial charge in [0.1, 0.15) is 0 Å². The lowest BCUT2D eigenvalue weighted by atomic mass is 10.1. The van der Waals surface area contributed by atoms with E-state index in [0.29, 0.717) is 18.0 Å². The van der Waals surface area contributed by atoms with Crippen molar-refractivity contribution in [3.05, 3.63) is 27.7 Å². The van der Waals surface area contributed by atoms with E-state index in [9.17, 15) is 8.42 Å². The van der Waals surface area contributed by atoms with E-state index in [1.54, 1.807) is 6.07 Å². The molecule has 4 nitrogen and oxygen atoms in total. The van der Waals surface area contributed by atoms with Crippen LogP contribution in [0.15, 0.2) is 21.5 Å². The van der Waals surface area contributed by atoms with E-state index in [1.165, 1.54) is 0 Å². The van der Waals surface area contributed by atoms with Crippen molar-refractivity contribution < 1.29 is 8.42 Å². The van der Waals surface area contributed by atoms with Crippen molar-refractivity contribution in [1.82, 2.24) is 10.0 Å². The molecule has 2 rings (SSSR count). The molecule has 1 saturated carbocycles. The Morgan fingerprint density at radius 1 is 1.33 bits per heavy atom. The highest BCUT2D eigenvalue weighted by Gasteiger charge is 2.41. The van der Waals surface area contributed by atoms with Crippen LogP contribution >= 0.6 is 15.9 Å². The number of nitrogens with one attached hydrogen (secondary N) is 2. The molecular weight excluding hydrogens is 352 g/mol. The van der Waals surface area contributed by atoms with Crippen LogP contribution in [0.2, 0.25) is 0 Å². The molecule has 0 heterocycles. The van der Waals surface area contributed by atoms with Gasteiger partial charge in [-0.3, -0.25) is 0 Å². The zero-order valence-electron chi connectivity index (χ0n) is 12.8. The molecule has 0 aliphatic heterocycles. The van der Waals surface area contributed by atoms with E-state index in [0.717, 1.165) is 34.9 Å². The minimum atomic E-state index is -3.47. The van der Waals surface area contributed by atoms with Gasteiger partial charge in [0, 0.05) is 17.6 Å². The van der Waals surface area contributed by atoms with E-state index >= 15 is 0 Å². The van der Waals surface area contributed by atoms with E-state index in [4.69, 9.17) is 0 Å². The minimum Gasteiger partial charge on any atom is -0.316 e. The van der Waals surface area contributed by atoms with Crippen LogP contribution in [-0.4, -0.2) is 22.0 Å². The van der Waals surface area contributed by atoms with Gasteiger partial charge < -0.3 is 5.32 Å². The molecule has 1 fully saturated rings. The Bertz CT molecular complexity index is 625. The summed E-state index contributed by atoms with van der Waals surface area (Å²) in [6.07, 6.45) is 3.26. The maximum atomic E-state index is 12.6. The molecule has 1 aromatic rings. The fraction of sp³-hybridized carbons (Fsp3) is 0.600. The van der Waals surface area contributed by atoms with Crippen molar-refractivity contribution in [2.75, 3.05) is 13.6 Å². The Kier molecular flexibility index (Phi) is 5.13. The highest BCUT2D eigenvalue weighted by Crippen LogP contribution is 2.48. The van der Waals surface area contributed by atoms with Gasteiger partial charge in [0.25, 0.3) is 0 Å². The fourth-order valence-electron chi connectivity index (χ4n) is 2.45. The third kappa shape index (κ3) is 3.86. The molecule has 21 heavy (non-hydrogen) atoms. The normalized spacial score (nSPS) is 17.0. The van der Waals surface area contributed by atoms with Gasteiger partial charge in [0.05, 0.1) is 4.90 Å². The van der Waals surface area contributed by atoms with E-state index in [2.05, 4.69) is 32.9 Å². The number of hydrogen-bond acceptors (Lipinski definition) is 3. The molecule has 1 aromatic carbocycles. The SMILES string of the molecule is CCC1(CNS(=O)(=O)c2cc(CNC)cc(Br)c2C)CC1. The first kappa shape index (κ1) is 16.9. The summed E-state index contributed by atoms with van der Waals surface area (Å²) in [5.74, 6) is 0. The summed E-state index contributed by atoms with van der Waals surface area (Å²) < 4.78 is 28.8. The number of sulfonamides is 1. The van der Waals surface area contributed by atoms with Gasteiger partial charge in [-0.2, -0.15) is 0 Å². The largest absolute Gasteiger partial charge is 0.316 e. The van der Waals surface area contributed by atoms with Crippen molar-refractivity contribution in [1.29, 1.82) is 0 Å². The van der Waals surface area contributed by atoms with Crippen LogP contribution in [0.4, 0.5) is 0 Å². The van der Waals surface area contributed by atoms with Crippen molar-refractivity contribution in [3.8, 4) is 0 Å². The van der Waals surface area contributed by atoms with Crippen LogP contribution in [0.3, 0.4) is 0 Å². The van der Waals surface area contributed by atoms with Gasteiger partial charge in [-0.1, -0.05) is 22.9 Å². The summed E-state index contributed by atoms with van der Waals surface area (Å²) in [6, 6.07) is 3.71. The predicted molar refractivity (Wildman–Crippen MR) is 88.8 cm³/mol. The van der Waals surface area contributed by atoms with Crippen LogP contribution in [0.25, 0.3) is 0 Å². The average molecular weight is 375 g/mol. The first-order valence-electron chi connectivity index (χ1n) is 7.27. The molecular formula is C15H23BrN2O2S. The summed E-state index contributed by atoms with van der Waals surface area (Å²) in [7, 11) is -1.62. The topological polar surface area (TPSA) is 58.2 Å². The van der Waals surface area contributed by atoms with E-state index < -0.39 is 10.0 Å². The molecule has 0 spiro atoms. The van der Waals surface area contributed by atoms with E-state index in [-0.39, 0.29) is 5.41 Å². The van der Waals surface area contributed by atoms with Crippen LogP contribution in [-0.2, 0) is 16.6 Å². The van der Waals surface area contributed by atoms with Gasteiger partial charge in [0.2, 0.25) is 10.0 Å². The fourth-order valence-corrected chi connectivity index (χ4v) is 4.56. The lowest BCUT2D eigenvalue weighted by molar-refractivity contribution is 0.475. The zero-order valence-corrected chi connectivity index (χ0v) is 15.2. The highest BCUT2D eigenvalue weighted by atomic mass is 79.9. The summed E-state index contributed by atoms with van der Waals surface area (Å²) >= 11 is 3.46. The monoisotopic (exact) mass is 374 g/mol. The summed E-state index contributed by atoms with van der Waals surface area (Å²) in [6.45, 7) is 5.13. The lowest BCUT2D eigenvalue weighted by Crippen LogP contribution is -2.30. The van der Waals surface area contributed by atoms with Crippen molar-refractivity contribution in [2.24, 2.45) is 5.41 Å². The third-order valence-corrected chi connectivity index (χ3v) is 6.72. The number of benzene rings is 1. The first-order valence-corrected chi connectivity index (χ1v) is 9.54. The van der Waals surface area contributed by atoms with Crippen LogP contribution in [0.1, 0.15) is 37.3 Å². The van der Waals surface area contributed by atoms with Crippen molar-refractivity contribution in [3.63, 3.8) is 0 Å². The molecule has 0 bridgehead atoms. The quantitative estimate of drug-likeness (QED) is 0.771. The van der Waals surface area contributed by atoms with E-state index in [1.807, 2.05) is 20.0 Å². The van der Waals surface area contributed by atoms with Gasteiger partial charge in [-0.25, -0.2) is 13.1 Å². The van der Waals surface area contributed by atoms with Crippen LogP contribution in [0.5, 0.6) is 0 Å². The predicted octanol–water partition coefficient (Wildman–Crippen LogP) is 2.95. The Morgan fingerprint density at radius 3 is 2.52 bits per heavy atom. The molecule has 0 unspecified atom stereocenters. The minimum absolute atomic E-state index is 0.195. The molecule has 1 aliphatic rings. The van der Waals surface area contributed by atoms with Gasteiger partial charge >= 0.3 is 0 Å². The number of rotatable bonds is 7. The van der Waals surface area contributed by atoms with Crippen molar-refractivity contribution >= 4 is 26.0 Å². The Hall–Kier alpha value is -0.430. The first-order chi connectivity index (χ1) is 9.83. The lowest BCUT2D eigenvalue weighted by Gasteiger charge is -2.16. The molecule has 0 aromatic heterocycles. The maximum absolute atomic E-state index is 12.6. The van der Waals surface area contributed by atoms with Gasteiger partial charge in [0.15, 0.2) is 0 Å². The molecule has 0 radical (unpaired) electrons. The Labute approximate surface area is 135 Å². The summed E-state index contributed by atoms with van der Waals surface area (Å²) in [4.78, 5) is 0.369. The molecule has 1 aliphatic carbocycles. The second-order valence-corrected chi connectivity index (χ2v) is 8.50. The van der Waals surface area contributed by atoms with Gasteiger partial charge in [-0.05, 0) is 61.9 Å². The van der Waals surface area contributed by atoms with Crippen LogP contribution < -0.4 is 10.0 Å². The second-order valence-electron chi connectivity index (χ2n) is 5.91. The maximum Gasteiger partial charge on any atom is 0.240 e. The molecule has 0 atom stereocenters. The summed E-state index contributed by atoms with van der Waals surface area (Å²) in [5.41, 5.74) is 1.90. The molecule has 6 heteroatoms. The highest BCUT2D eigenvalue weighted by molar-refractivity contribution is 9.10. The molecule has 0 amide bonds. The smallest absolute Gasteiger partial charge is 0.240 e. The van der Waals surface area contributed by atoms with Crippen molar-refractivity contribution in [2.45, 2.75) is 44.6 Å². The Balaban J connectivity index is 2.26. The third-order valence-electron chi connectivity index (χ3n) is 4.37. The standard InChI is InChI=1S/C15H23BrN2O2S/c1-4-15(5-6-15)10-18-21(19,20)14-8-12(9-17-3)7-13(16)11(14)2/h7-8,17-18H,4-6,9-10H2,1-3H3. The second kappa shape index (κ2) is 6.36.